The highest BCUT2D eigenvalue weighted by atomic mass is 32.1. The third-order valence-corrected chi connectivity index (χ3v) is 6.10. The van der Waals surface area contributed by atoms with Crippen LogP contribution in [0.3, 0.4) is 0 Å². The van der Waals surface area contributed by atoms with Crippen LogP contribution in [0.5, 0.6) is 11.5 Å². The Morgan fingerprint density at radius 3 is 2.38 bits per heavy atom. The maximum absolute atomic E-state index is 13.4. The lowest BCUT2D eigenvalue weighted by atomic mass is 9.87. The minimum Gasteiger partial charge on any atom is -0.457 e. The Labute approximate surface area is 172 Å². The van der Waals surface area contributed by atoms with Gasteiger partial charge in [-0.1, -0.05) is 42.5 Å². The first kappa shape index (κ1) is 17.7. The molecule has 0 spiro atoms. The van der Waals surface area contributed by atoms with E-state index in [2.05, 4.69) is 16.5 Å². The van der Waals surface area contributed by atoms with Crippen LogP contribution < -0.4 is 10.1 Å². The second-order valence-electron chi connectivity index (χ2n) is 6.87. The van der Waals surface area contributed by atoms with E-state index in [0.717, 1.165) is 27.5 Å². The average molecular weight is 401 g/mol. The van der Waals surface area contributed by atoms with Crippen molar-refractivity contribution < 1.29 is 9.53 Å². The first-order valence-corrected chi connectivity index (χ1v) is 10.3. The van der Waals surface area contributed by atoms with Crippen LogP contribution in [0, 0.1) is 0 Å². The first-order valence-electron chi connectivity index (χ1n) is 9.47. The predicted octanol–water partition coefficient (Wildman–Crippen LogP) is 4.59. The second kappa shape index (κ2) is 7.56. The zero-order valence-corrected chi connectivity index (χ0v) is 16.4. The molecular weight excluding hydrogens is 382 g/mol. The summed E-state index contributed by atoms with van der Waals surface area (Å²) >= 11 is 1.66. The van der Waals surface area contributed by atoms with Crippen molar-refractivity contribution in [2.24, 2.45) is 0 Å². The first-order chi connectivity index (χ1) is 14.3. The molecule has 4 aromatic rings. The summed E-state index contributed by atoms with van der Waals surface area (Å²) in [6, 6.07) is 21.4. The molecule has 1 aliphatic rings. The van der Waals surface area contributed by atoms with E-state index in [0.29, 0.717) is 6.54 Å². The fourth-order valence-corrected chi connectivity index (χ4v) is 4.58. The molecule has 1 N–H and O–H groups in total. The van der Waals surface area contributed by atoms with E-state index in [4.69, 9.17) is 4.74 Å². The maximum Gasteiger partial charge on any atom is 0.232 e. The highest BCUT2D eigenvalue weighted by molar-refractivity contribution is 7.10. The molecule has 3 heterocycles. The molecule has 0 aliphatic carbocycles. The van der Waals surface area contributed by atoms with Crippen LogP contribution in [0.25, 0.3) is 0 Å². The fourth-order valence-electron chi connectivity index (χ4n) is 3.76. The van der Waals surface area contributed by atoms with Crippen LogP contribution in [0.15, 0.2) is 84.5 Å². The number of amides is 1. The maximum atomic E-state index is 13.4. The van der Waals surface area contributed by atoms with Gasteiger partial charge in [-0.3, -0.25) is 9.48 Å². The van der Waals surface area contributed by atoms with Crippen molar-refractivity contribution in [1.29, 1.82) is 0 Å². The lowest BCUT2D eigenvalue weighted by molar-refractivity contribution is -0.121. The molecule has 144 valence electrons. The van der Waals surface area contributed by atoms with Gasteiger partial charge < -0.3 is 10.1 Å². The third-order valence-electron chi connectivity index (χ3n) is 5.13. The Morgan fingerprint density at radius 2 is 1.76 bits per heavy atom. The summed E-state index contributed by atoms with van der Waals surface area (Å²) in [5, 5.41) is 9.59. The Hall–Kier alpha value is -3.38. The lowest BCUT2D eigenvalue weighted by Crippen LogP contribution is -2.36. The van der Waals surface area contributed by atoms with Gasteiger partial charge in [0, 0.05) is 34.9 Å². The zero-order chi connectivity index (χ0) is 19.6. The van der Waals surface area contributed by atoms with Gasteiger partial charge in [-0.15, -0.1) is 11.3 Å². The van der Waals surface area contributed by atoms with Crippen LogP contribution in [-0.4, -0.2) is 22.2 Å². The SMILES string of the molecule is O=C(NC[C@H](c1cccs1)n1cccn1)C1c2ccccc2Oc2ccccc21. The van der Waals surface area contributed by atoms with Gasteiger partial charge in [-0.2, -0.15) is 5.10 Å². The molecule has 0 fully saturated rings. The van der Waals surface area contributed by atoms with E-state index in [1.54, 1.807) is 17.5 Å². The van der Waals surface area contributed by atoms with Gasteiger partial charge in [0.15, 0.2) is 0 Å². The Kier molecular flexibility index (Phi) is 4.62. The summed E-state index contributed by atoms with van der Waals surface area (Å²) in [4.78, 5) is 14.5. The Balaban J connectivity index is 1.44. The summed E-state index contributed by atoms with van der Waals surface area (Å²) in [7, 11) is 0. The normalized spacial score (nSPS) is 13.8. The molecule has 2 aromatic carbocycles. The number of benzene rings is 2. The van der Waals surface area contributed by atoms with E-state index >= 15 is 0 Å². The van der Waals surface area contributed by atoms with Crippen molar-refractivity contribution in [2.75, 3.05) is 6.54 Å². The molecule has 0 bridgehead atoms. The van der Waals surface area contributed by atoms with Crippen LogP contribution in [0.1, 0.15) is 28.0 Å². The highest BCUT2D eigenvalue weighted by Crippen LogP contribution is 2.43. The molecule has 2 aromatic heterocycles. The van der Waals surface area contributed by atoms with E-state index in [1.807, 2.05) is 76.9 Å². The number of ether oxygens (including phenoxy) is 1. The minimum absolute atomic E-state index is 0.0399. The quantitative estimate of drug-likeness (QED) is 0.532. The number of thiophene rings is 1. The van der Waals surface area contributed by atoms with Gasteiger partial charge in [0.05, 0.1) is 5.92 Å². The molecule has 0 saturated heterocycles. The topological polar surface area (TPSA) is 56.2 Å². The van der Waals surface area contributed by atoms with Crippen molar-refractivity contribution in [3.8, 4) is 11.5 Å². The number of hydrogen-bond acceptors (Lipinski definition) is 4. The Bertz CT molecular complexity index is 1040. The molecule has 29 heavy (non-hydrogen) atoms. The second-order valence-corrected chi connectivity index (χ2v) is 7.85. The van der Waals surface area contributed by atoms with Crippen LogP contribution in [0.2, 0.25) is 0 Å². The number of nitrogens with one attached hydrogen (secondary N) is 1. The number of nitrogens with zero attached hydrogens (tertiary/aromatic N) is 2. The van der Waals surface area contributed by atoms with Crippen molar-refractivity contribution in [2.45, 2.75) is 12.0 Å². The standard InChI is InChI=1S/C23H19N3O2S/c27-23(24-15-18(21-11-5-14-29-21)26-13-6-12-25-26)22-16-7-1-3-9-19(16)28-20-10-4-2-8-17(20)22/h1-14,18,22H,15H2,(H,24,27)/t18-/m1/s1. The number of carbonyl (C=O) groups is 1. The molecule has 0 unspecified atom stereocenters. The average Bonchev–Trinajstić information content (AvgIpc) is 3.47. The highest BCUT2D eigenvalue weighted by Gasteiger charge is 2.32. The van der Waals surface area contributed by atoms with Gasteiger partial charge in [0.25, 0.3) is 0 Å². The van der Waals surface area contributed by atoms with Crippen molar-refractivity contribution in [1.82, 2.24) is 15.1 Å². The molecule has 0 radical (unpaired) electrons. The molecule has 5 nitrogen and oxygen atoms in total. The van der Waals surface area contributed by atoms with Crippen LogP contribution >= 0.6 is 11.3 Å². The smallest absolute Gasteiger partial charge is 0.232 e. The molecule has 5 rings (SSSR count). The lowest BCUT2D eigenvalue weighted by Gasteiger charge is -2.28. The third kappa shape index (κ3) is 3.32. The predicted molar refractivity (Wildman–Crippen MR) is 112 cm³/mol. The molecule has 1 aliphatic heterocycles. The van der Waals surface area contributed by atoms with Gasteiger partial charge in [0.1, 0.15) is 17.5 Å². The molecule has 1 amide bonds. The van der Waals surface area contributed by atoms with E-state index < -0.39 is 5.92 Å². The number of carbonyl (C=O) groups excluding carboxylic acids is 1. The molecule has 1 atom stereocenters. The van der Waals surface area contributed by atoms with Crippen molar-refractivity contribution in [3.05, 3.63) is 101 Å². The molecule has 6 heteroatoms. The minimum atomic E-state index is -0.405. The van der Waals surface area contributed by atoms with E-state index in [1.165, 1.54) is 0 Å². The summed E-state index contributed by atoms with van der Waals surface area (Å²) in [6.45, 7) is 0.461. The largest absolute Gasteiger partial charge is 0.457 e. The molecule has 0 saturated carbocycles. The summed E-state index contributed by atoms with van der Waals surface area (Å²) in [5.74, 6) is 1.01. The van der Waals surface area contributed by atoms with Gasteiger partial charge in [-0.05, 0) is 29.6 Å². The van der Waals surface area contributed by atoms with Gasteiger partial charge >= 0.3 is 0 Å². The Morgan fingerprint density at radius 1 is 1.03 bits per heavy atom. The monoisotopic (exact) mass is 401 g/mol. The number of para-hydroxylation sites is 2. The number of rotatable bonds is 5. The number of fused-ring (bicyclic) bond motifs is 2. The van der Waals surface area contributed by atoms with E-state index in [9.17, 15) is 4.79 Å². The summed E-state index contributed by atoms with van der Waals surface area (Å²) in [6.07, 6.45) is 3.68. The zero-order valence-electron chi connectivity index (χ0n) is 15.6. The van der Waals surface area contributed by atoms with Crippen LogP contribution in [-0.2, 0) is 4.79 Å². The summed E-state index contributed by atoms with van der Waals surface area (Å²) in [5.41, 5.74) is 1.77. The van der Waals surface area contributed by atoms with Crippen LogP contribution in [0.4, 0.5) is 0 Å². The number of hydrogen-bond donors (Lipinski definition) is 1. The molecular formula is C23H19N3O2S. The van der Waals surface area contributed by atoms with Gasteiger partial charge in [0.2, 0.25) is 5.91 Å². The fraction of sp³-hybridized carbons (Fsp3) is 0.130. The van der Waals surface area contributed by atoms with Crippen molar-refractivity contribution in [3.63, 3.8) is 0 Å². The van der Waals surface area contributed by atoms with Gasteiger partial charge in [-0.25, -0.2) is 0 Å². The summed E-state index contributed by atoms with van der Waals surface area (Å²) < 4.78 is 7.90. The number of aromatic nitrogens is 2. The van der Waals surface area contributed by atoms with E-state index in [-0.39, 0.29) is 11.9 Å². The van der Waals surface area contributed by atoms with Crippen molar-refractivity contribution >= 4 is 17.2 Å².